The molecule has 0 aromatic heterocycles. The van der Waals surface area contributed by atoms with E-state index in [1.54, 1.807) is 0 Å². The molecule has 3 saturated heterocycles. The van der Waals surface area contributed by atoms with E-state index >= 15 is 0 Å². The number of benzene rings is 1. The van der Waals surface area contributed by atoms with Crippen LogP contribution in [0.4, 0.5) is 0 Å². The Kier molecular flexibility index (Phi) is 9.22. The van der Waals surface area contributed by atoms with Gasteiger partial charge in [-0.25, -0.2) is 0 Å². The van der Waals surface area contributed by atoms with Crippen LogP contribution >= 0.6 is 24.0 Å². The second-order valence-corrected chi connectivity index (χ2v) is 8.50. The highest BCUT2D eigenvalue weighted by Crippen LogP contribution is 2.25. The van der Waals surface area contributed by atoms with Crippen LogP contribution in [0.15, 0.2) is 29.3 Å². The van der Waals surface area contributed by atoms with E-state index in [1.165, 1.54) is 37.1 Å². The first-order valence-electron chi connectivity index (χ1n) is 11.2. The summed E-state index contributed by atoms with van der Waals surface area (Å²) in [7, 11) is 1.88. The lowest BCUT2D eigenvalue weighted by Crippen LogP contribution is -2.54. The van der Waals surface area contributed by atoms with Gasteiger partial charge in [-0.3, -0.25) is 9.89 Å². The van der Waals surface area contributed by atoms with Crippen molar-refractivity contribution >= 4 is 29.9 Å². The van der Waals surface area contributed by atoms with E-state index < -0.39 is 0 Å². The molecule has 0 radical (unpaired) electrons. The van der Waals surface area contributed by atoms with Gasteiger partial charge in [0.2, 0.25) is 0 Å². The maximum absolute atomic E-state index is 6.02. The number of hydrogen-bond acceptors (Lipinski definition) is 4. The molecule has 3 fully saturated rings. The molecule has 0 amide bonds. The van der Waals surface area contributed by atoms with Crippen molar-refractivity contribution in [3.8, 4) is 0 Å². The van der Waals surface area contributed by atoms with E-state index in [2.05, 4.69) is 51.3 Å². The minimum absolute atomic E-state index is 0. The molecule has 0 saturated carbocycles. The minimum Gasteiger partial charge on any atom is -0.375 e. The highest BCUT2D eigenvalue weighted by molar-refractivity contribution is 14.0. The number of aliphatic imine (C=N–C) groups is 1. The molecule has 0 bridgehead atoms. The molecule has 3 unspecified atom stereocenters. The first-order chi connectivity index (χ1) is 14.2. The Morgan fingerprint density at radius 2 is 1.80 bits per heavy atom. The fourth-order valence-electron chi connectivity index (χ4n) is 4.81. The number of nitrogens with one attached hydrogen (secondary N) is 1. The van der Waals surface area contributed by atoms with Gasteiger partial charge in [0, 0.05) is 33.3 Å². The van der Waals surface area contributed by atoms with Crippen molar-refractivity contribution in [3.63, 3.8) is 0 Å². The van der Waals surface area contributed by atoms with Crippen LogP contribution in [0.2, 0.25) is 0 Å². The lowest BCUT2D eigenvalue weighted by atomic mass is 10.0. The van der Waals surface area contributed by atoms with Gasteiger partial charge < -0.3 is 19.7 Å². The number of morpholine rings is 1. The van der Waals surface area contributed by atoms with Gasteiger partial charge in [-0.1, -0.05) is 29.8 Å². The molecule has 168 valence electrons. The number of ether oxygens (including phenoxy) is 2. The maximum atomic E-state index is 6.02. The van der Waals surface area contributed by atoms with Crippen LogP contribution in [0.25, 0.3) is 0 Å². The molecule has 0 spiro atoms. The van der Waals surface area contributed by atoms with Gasteiger partial charge in [0.25, 0.3) is 0 Å². The second kappa shape index (κ2) is 11.6. The zero-order valence-corrected chi connectivity index (χ0v) is 20.7. The molecule has 4 rings (SSSR count). The molecule has 3 aliphatic rings. The highest BCUT2D eigenvalue weighted by atomic mass is 127. The van der Waals surface area contributed by atoms with Gasteiger partial charge in [0.15, 0.2) is 5.96 Å². The van der Waals surface area contributed by atoms with Gasteiger partial charge in [0.05, 0.1) is 18.8 Å². The average Bonchev–Trinajstić information content (AvgIpc) is 3.47. The van der Waals surface area contributed by atoms with Gasteiger partial charge in [0.1, 0.15) is 6.10 Å². The molecule has 30 heavy (non-hydrogen) atoms. The maximum Gasteiger partial charge on any atom is 0.193 e. The van der Waals surface area contributed by atoms with Crippen molar-refractivity contribution in [2.75, 3.05) is 53.0 Å². The molecule has 3 aliphatic heterocycles. The number of nitrogens with zero attached hydrogens (tertiary/aromatic N) is 3. The summed E-state index contributed by atoms with van der Waals surface area (Å²) >= 11 is 0. The number of aryl methyl sites for hydroxylation is 1. The summed E-state index contributed by atoms with van der Waals surface area (Å²) in [4.78, 5) is 9.55. The van der Waals surface area contributed by atoms with Gasteiger partial charge >= 0.3 is 0 Å². The predicted molar refractivity (Wildman–Crippen MR) is 132 cm³/mol. The van der Waals surface area contributed by atoms with E-state index in [9.17, 15) is 0 Å². The lowest BCUT2D eigenvalue weighted by molar-refractivity contribution is -0.0817. The van der Waals surface area contributed by atoms with E-state index in [0.717, 1.165) is 51.6 Å². The smallest absolute Gasteiger partial charge is 0.193 e. The van der Waals surface area contributed by atoms with Crippen LogP contribution in [0.1, 0.15) is 42.9 Å². The summed E-state index contributed by atoms with van der Waals surface area (Å²) in [6.45, 7) is 8.71. The van der Waals surface area contributed by atoms with Crippen LogP contribution < -0.4 is 5.32 Å². The number of hydrogen-bond donors (Lipinski definition) is 1. The summed E-state index contributed by atoms with van der Waals surface area (Å²) in [5.41, 5.74) is 2.70. The molecule has 1 aromatic rings. The van der Waals surface area contributed by atoms with Crippen LogP contribution in [0.3, 0.4) is 0 Å². The Bertz CT molecular complexity index is 672. The summed E-state index contributed by atoms with van der Waals surface area (Å²) in [6.07, 6.45) is 5.23. The summed E-state index contributed by atoms with van der Waals surface area (Å²) in [5, 5.41) is 3.68. The summed E-state index contributed by atoms with van der Waals surface area (Å²) in [6, 6.07) is 9.39. The third kappa shape index (κ3) is 5.87. The molecular formula is C23H37IN4O2. The van der Waals surface area contributed by atoms with E-state index in [1.807, 2.05) is 7.05 Å². The molecule has 0 aliphatic carbocycles. The third-order valence-electron chi connectivity index (χ3n) is 6.48. The number of rotatable bonds is 5. The molecule has 1 aromatic carbocycles. The minimum atomic E-state index is 0. The first kappa shape index (κ1) is 23.8. The summed E-state index contributed by atoms with van der Waals surface area (Å²) in [5.74, 6) is 0.979. The Morgan fingerprint density at radius 1 is 1.07 bits per heavy atom. The number of halogens is 1. The number of likely N-dealkylation sites (tertiary alicyclic amines) is 1. The molecular weight excluding hydrogens is 491 g/mol. The predicted octanol–water partition coefficient (Wildman–Crippen LogP) is 3.21. The first-order valence-corrected chi connectivity index (χ1v) is 11.2. The van der Waals surface area contributed by atoms with Crippen LogP contribution in [0, 0.1) is 6.92 Å². The highest BCUT2D eigenvalue weighted by Gasteiger charge is 2.32. The van der Waals surface area contributed by atoms with Crippen LogP contribution in [-0.2, 0) is 9.47 Å². The molecule has 3 heterocycles. The fourth-order valence-corrected chi connectivity index (χ4v) is 4.81. The van der Waals surface area contributed by atoms with Gasteiger partial charge in [-0.15, -0.1) is 24.0 Å². The van der Waals surface area contributed by atoms with E-state index in [-0.39, 0.29) is 36.2 Å². The van der Waals surface area contributed by atoms with Crippen molar-refractivity contribution in [3.05, 3.63) is 35.4 Å². The Balaban J connectivity index is 0.00000256. The zero-order valence-electron chi connectivity index (χ0n) is 18.4. The standard InChI is InChI=1S/C23H36N4O2.HI/c1-18-7-9-19(10-8-18)20(26-11-3-4-12-26)16-25-23(24-2)27-13-15-29-22(17-27)21-6-5-14-28-21;/h7-10,20-22H,3-6,11-17H2,1-2H3,(H,24,25);1H. The second-order valence-electron chi connectivity index (χ2n) is 8.50. The zero-order chi connectivity index (χ0) is 20.1. The monoisotopic (exact) mass is 528 g/mol. The number of guanidine groups is 1. The quantitative estimate of drug-likeness (QED) is 0.362. The SMILES string of the molecule is CN=C(NCC(c1ccc(C)cc1)N1CCCC1)N1CCOC(C2CCCO2)C1.I. The van der Waals surface area contributed by atoms with Gasteiger partial charge in [-0.2, -0.15) is 0 Å². The normalized spacial score (nSPS) is 26.5. The summed E-state index contributed by atoms with van der Waals surface area (Å²) < 4.78 is 11.9. The van der Waals surface area contributed by atoms with Gasteiger partial charge in [-0.05, 0) is 51.3 Å². The fraction of sp³-hybridized carbons (Fsp3) is 0.696. The Morgan fingerprint density at radius 3 is 2.47 bits per heavy atom. The average molecular weight is 528 g/mol. The topological polar surface area (TPSA) is 49.3 Å². The van der Waals surface area contributed by atoms with E-state index in [0.29, 0.717) is 6.04 Å². The van der Waals surface area contributed by atoms with Crippen molar-refractivity contribution < 1.29 is 9.47 Å². The van der Waals surface area contributed by atoms with E-state index in [4.69, 9.17) is 9.47 Å². The van der Waals surface area contributed by atoms with Crippen molar-refractivity contribution in [1.29, 1.82) is 0 Å². The molecule has 1 N–H and O–H groups in total. The van der Waals surface area contributed by atoms with Crippen molar-refractivity contribution in [2.45, 2.75) is 50.9 Å². The van der Waals surface area contributed by atoms with Crippen molar-refractivity contribution in [2.24, 2.45) is 4.99 Å². The third-order valence-corrected chi connectivity index (χ3v) is 6.48. The Labute approximate surface area is 198 Å². The largest absolute Gasteiger partial charge is 0.375 e. The molecule has 7 heteroatoms. The van der Waals surface area contributed by atoms with Crippen LogP contribution in [0.5, 0.6) is 0 Å². The molecule has 6 nitrogen and oxygen atoms in total. The van der Waals surface area contributed by atoms with Crippen molar-refractivity contribution in [1.82, 2.24) is 15.1 Å². The van der Waals surface area contributed by atoms with Crippen LogP contribution in [-0.4, -0.2) is 81.0 Å². The lowest BCUT2D eigenvalue weighted by Gasteiger charge is -2.38. The molecule has 3 atom stereocenters. The Hall–Kier alpha value is -0.900.